The Morgan fingerprint density at radius 3 is 2.67 bits per heavy atom. The van der Waals surface area contributed by atoms with E-state index in [-0.39, 0.29) is 5.89 Å². The molecule has 0 atom stereocenters. The van der Waals surface area contributed by atoms with E-state index in [1.54, 1.807) is 0 Å². The third-order valence-electron chi connectivity index (χ3n) is 1.15. The minimum atomic E-state index is -3.57. The van der Waals surface area contributed by atoms with Gasteiger partial charge in [0.2, 0.25) is 15.9 Å². The van der Waals surface area contributed by atoms with Gasteiger partial charge in [0.15, 0.2) is 5.82 Å². The van der Waals surface area contributed by atoms with E-state index in [0.29, 0.717) is 12.2 Å². The van der Waals surface area contributed by atoms with Crippen LogP contribution in [0.3, 0.4) is 0 Å². The molecular formula is C5H9N3O3S. The monoisotopic (exact) mass is 191 g/mol. The maximum atomic E-state index is 10.5. The van der Waals surface area contributed by atoms with Crippen molar-refractivity contribution in [2.75, 3.05) is 0 Å². The number of sulfonamides is 1. The maximum absolute atomic E-state index is 10.5. The van der Waals surface area contributed by atoms with Crippen LogP contribution in [0.5, 0.6) is 0 Å². The summed E-state index contributed by atoms with van der Waals surface area (Å²) in [6, 6.07) is 0. The quantitative estimate of drug-likeness (QED) is 0.689. The fourth-order valence-electron chi connectivity index (χ4n) is 0.664. The van der Waals surface area contributed by atoms with E-state index in [1.807, 2.05) is 6.92 Å². The molecular weight excluding hydrogens is 182 g/mol. The fraction of sp³-hybridized carbons (Fsp3) is 0.600. The molecule has 0 saturated carbocycles. The molecule has 12 heavy (non-hydrogen) atoms. The molecule has 7 heteroatoms. The molecule has 1 aromatic rings. The Bertz CT molecular complexity index is 356. The number of hydrogen-bond acceptors (Lipinski definition) is 5. The van der Waals surface area contributed by atoms with Crippen LogP contribution in [0, 0.1) is 0 Å². The van der Waals surface area contributed by atoms with Gasteiger partial charge in [-0.3, -0.25) is 0 Å². The Kier molecular flexibility index (Phi) is 2.43. The van der Waals surface area contributed by atoms with Crippen LogP contribution in [0.25, 0.3) is 0 Å². The average molecular weight is 191 g/mol. The van der Waals surface area contributed by atoms with Crippen LogP contribution in [-0.2, 0) is 22.2 Å². The minimum absolute atomic E-state index is 0.0364. The van der Waals surface area contributed by atoms with Crippen LogP contribution in [0.2, 0.25) is 0 Å². The number of rotatable bonds is 3. The van der Waals surface area contributed by atoms with Gasteiger partial charge in [0.05, 0.1) is 0 Å². The summed E-state index contributed by atoms with van der Waals surface area (Å²) in [4.78, 5) is 3.78. The lowest BCUT2D eigenvalue weighted by molar-refractivity contribution is 0.383. The molecule has 0 aliphatic carbocycles. The first-order valence-electron chi connectivity index (χ1n) is 3.33. The number of primary sulfonamides is 1. The molecule has 0 amide bonds. The van der Waals surface area contributed by atoms with Crippen LogP contribution >= 0.6 is 0 Å². The van der Waals surface area contributed by atoms with E-state index in [1.165, 1.54) is 0 Å². The highest BCUT2D eigenvalue weighted by Crippen LogP contribution is 2.00. The van der Waals surface area contributed by atoms with Gasteiger partial charge in [0.1, 0.15) is 5.75 Å². The normalized spacial score (nSPS) is 11.8. The zero-order valence-corrected chi connectivity index (χ0v) is 7.34. The third kappa shape index (κ3) is 2.59. The van der Waals surface area contributed by atoms with Crippen molar-refractivity contribution in [3.63, 3.8) is 0 Å². The Balaban J connectivity index is 2.78. The molecule has 0 aromatic carbocycles. The zero-order chi connectivity index (χ0) is 9.19. The fourth-order valence-corrected chi connectivity index (χ4v) is 1.13. The van der Waals surface area contributed by atoms with Crippen LogP contribution in [0.15, 0.2) is 4.52 Å². The van der Waals surface area contributed by atoms with E-state index >= 15 is 0 Å². The van der Waals surface area contributed by atoms with E-state index in [2.05, 4.69) is 14.7 Å². The van der Waals surface area contributed by atoms with Crippen molar-refractivity contribution in [3.05, 3.63) is 11.7 Å². The van der Waals surface area contributed by atoms with Crippen molar-refractivity contribution < 1.29 is 12.9 Å². The Morgan fingerprint density at radius 2 is 2.25 bits per heavy atom. The Hall–Kier alpha value is -0.950. The lowest BCUT2D eigenvalue weighted by Crippen LogP contribution is -2.14. The topological polar surface area (TPSA) is 99.1 Å². The Morgan fingerprint density at radius 1 is 1.58 bits per heavy atom. The van der Waals surface area contributed by atoms with Gasteiger partial charge < -0.3 is 4.52 Å². The van der Waals surface area contributed by atoms with Crippen molar-refractivity contribution in [1.82, 2.24) is 10.1 Å². The minimum Gasteiger partial charge on any atom is -0.338 e. The molecule has 6 nitrogen and oxygen atoms in total. The smallest absolute Gasteiger partial charge is 0.243 e. The van der Waals surface area contributed by atoms with E-state index in [4.69, 9.17) is 5.14 Å². The highest BCUT2D eigenvalue weighted by Gasteiger charge is 2.11. The van der Waals surface area contributed by atoms with Gasteiger partial charge in [-0.15, -0.1) is 0 Å². The number of nitrogens with zero attached hydrogens (tertiary/aromatic N) is 2. The second-order valence-electron chi connectivity index (χ2n) is 2.27. The average Bonchev–Trinajstić information content (AvgIpc) is 2.32. The van der Waals surface area contributed by atoms with Crippen molar-refractivity contribution in [3.8, 4) is 0 Å². The van der Waals surface area contributed by atoms with E-state index in [9.17, 15) is 8.42 Å². The van der Waals surface area contributed by atoms with Gasteiger partial charge in [-0.2, -0.15) is 4.98 Å². The zero-order valence-electron chi connectivity index (χ0n) is 6.52. The van der Waals surface area contributed by atoms with E-state index in [0.717, 1.165) is 0 Å². The molecule has 0 saturated heterocycles. The number of nitrogens with two attached hydrogens (primary N) is 1. The van der Waals surface area contributed by atoms with E-state index < -0.39 is 15.8 Å². The second kappa shape index (κ2) is 3.20. The molecule has 0 unspecified atom stereocenters. The summed E-state index contributed by atoms with van der Waals surface area (Å²) in [5, 5.41) is 8.28. The van der Waals surface area contributed by atoms with Crippen LogP contribution < -0.4 is 5.14 Å². The summed E-state index contributed by atoms with van der Waals surface area (Å²) in [5.74, 6) is 0.114. The molecule has 0 fully saturated rings. The molecule has 0 bridgehead atoms. The lowest BCUT2D eigenvalue weighted by atomic mass is 10.5. The first-order chi connectivity index (χ1) is 5.51. The SMILES string of the molecule is CCc1noc(CS(N)(=O)=O)n1. The van der Waals surface area contributed by atoms with Crippen molar-refractivity contribution >= 4 is 10.0 Å². The molecule has 0 aliphatic rings. The molecule has 68 valence electrons. The van der Waals surface area contributed by atoms with Crippen LogP contribution in [0.4, 0.5) is 0 Å². The summed E-state index contributed by atoms with van der Waals surface area (Å²) in [6.07, 6.45) is 0.605. The van der Waals surface area contributed by atoms with Crippen LogP contribution in [-0.4, -0.2) is 18.6 Å². The Labute approximate surface area is 69.8 Å². The van der Waals surface area contributed by atoms with Gasteiger partial charge in [0, 0.05) is 6.42 Å². The largest absolute Gasteiger partial charge is 0.338 e. The first-order valence-corrected chi connectivity index (χ1v) is 5.04. The summed E-state index contributed by atoms with van der Waals surface area (Å²) in [7, 11) is -3.57. The first kappa shape index (κ1) is 9.14. The van der Waals surface area contributed by atoms with Crippen LogP contribution in [0.1, 0.15) is 18.6 Å². The molecule has 0 radical (unpaired) electrons. The summed E-state index contributed by atoms with van der Waals surface area (Å²) >= 11 is 0. The summed E-state index contributed by atoms with van der Waals surface area (Å²) < 4.78 is 25.7. The summed E-state index contributed by atoms with van der Waals surface area (Å²) in [5.41, 5.74) is 0. The second-order valence-corrected chi connectivity index (χ2v) is 3.88. The number of aromatic nitrogens is 2. The van der Waals surface area contributed by atoms with Gasteiger partial charge in [-0.1, -0.05) is 12.1 Å². The molecule has 0 spiro atoms. The van der Waals surface area contributed by atoms with Crippen molar-refractivity contribution in [2.24, 2.45) is 5.14 Å². The predicted octanol–water partition coefficient (Wildman–Crippen LogP) is -0.580. The van der Waals surface area contributed by atoms with Gasteiger partial charge in [0.25, 0.3) is 0 Å². The van der Waals surface area contributed by atoms with Crippen molar-refractivity contribution in [1.29, 1.82) is 0 Å². The number of aryl methyl sites for hydroxylation is 1. The predicted molar refractivity (Wildman–Crippen MR) is 40.5 cm³/mol. The third-order valence-corrected chi connectivity index (χ3v) is 1.80. The maximum Gasteiger partial charge on any atom is 0.243 e. The molecule has 1 heterocycles. The standard InChI is InChI=1S/C5H9N3O3S/c1-2-4-7-5(11-8-4)3-12(6,9)10/h2-3H2,1H3,(H2,6,9,10). The molecule has 1 aromatic heterocycles. The van der Waals surface area contributed by atoms with Crippen molar-refractivity contribution in [2.45, 2.75) is 19.1 Å². The summed E-state index contributed by atoms with van der Waals surface area (Å²) in [6.45, 7) is 1.84. The molecule has 1 rings (SSSR count). The van der Waals surface area contributed by atoms with Gasteiger partial charge >= 0.3 is 0 Å². The molecule has 0 aliphatic heterocycles. The lowest BCUT2D eigenvalue weighted by Gasteiger charge is -1.88. The highest BCUT2D eigenvalue weighted by atomic mass is 32.2. The van der Waals surface area contributed by atoms with Gasteiger partial charge in [-0.05, 0) is 0 Å². The molecule has 2 N–H and O–H groups in total. The number of hydrogen-bond donors (Lipinski definition) is 1. The van der Waals surface area contributed by atoms with Gasteiger partial charge in [-0.25, -0.2) is 13.6 Å². The highest BCUT2D eigenvalue weighted by molar-refractivity contribution is 7.88.